The van der Waals surface area contributed by atoms with Crippen LogP contribution < -0.4 is 0 Å². The Morgan fingerprint density at radius 2 is 1.87 bits per heavy atom. The molecule has 1 fully saturated rings. The molecule has 6 nitrogen and oxygen atoms in total. The van der Waals surface area contributed by atoms with E-state index >= 15 is 0 Å². The van der Waals surface area contributed by atoms with Crippen molar-refractivity contribution in [1.82, 2.24) is 24.9 Å². The third kappa shape index (κ3) is 3.82. The summed E-state index contributed by atoms with van der Waals surface area (Å²) in [5, 5.41) is 20.9. The summed E-state index contributed by atoms with van der Waals surface area (Å²) in [6.45, 7) is 3.40. The molecule has 152 valence electrons. The van der Waals surface area contributed by atoms with Gasteiger partial charge in [-0.25, -0.2) is 0 Å². The van der Waals surface area contributed by atoms with Gasteiger partial charge in [-0.15, -0.1) is 0 Å². The van der Waals surface area contributed by atoms with Gasteiger partial charge in [-0.05, 0) is 55.8 Å². The van der Waals surface area contributed by atoms with Gasteiger partial charge in [0, 0.05) is 33.7 Å². The topological polar surface area (TPSA) is 67.1 Å². The van der Waals surface area contributed by atoms with Crippen LogP contribution in [-0.4, -0.2) is 43.1 Å². The number of nitrogens with zero attached hydrogens (tertiary/aromatic N) is 5. The quantitative estimate of drug-likeness (QED) is 0.468. The summed E-state index contributed by atoms with van der Waals surface area (Å²) >= 11 is 3.51. The van der Waals surface area contributed by atoms with Crippen molar-refractivity contribution in [3.8, 4) is 17.0 Å². The Balaban J connectivity index is 1.50. The molecular weight excluding hydrogens is 442 g/mol. The van der Waals surface area contributed by atoms with Crippen molar-refractivity contribution in [1.29, 1.82) is 0 Å². The monoisotopic (exact) mass is 463 g/mol. The molecule has 0 saturated carbocycles. The van der Waals surface area contributed by atoms with Gasteiger partial charge in [-0.1, -0.05) is 34.1 Å². The summed E-state index contributed by atoms with van der Waals surface area (Å²) in [4.78, 5) is 8.54. The number of benzene rings is 2. The van der Waals surface area contributed by atoms with Gasteiger partial charge in [-0.2, -0.15) is 15.0 Å². The number of phenols is 1. The lowest BCUT2D eigenvalue weighted by Crippen LogP contribution is -2.18. The average Bonchev–Trinajstić information content (AvgIpc) is 3.44. The predicted octanol–water partition coefficient (Wildman–Crippen LogP) is 4.61. The summed E-state index contributed by atoms with van der Waals surface area (Å²) in [7, 11) is 0. The molecule has 0 spiro atoms. The molecule has 0 radical (unpaired) electrons. The van der Waals surface area contributed by atoms with E-state index in [0.29, 0.717) is 12.1 Å². The smallest absolute Gasteiger partial charge is 0.146 e. The first-order chi connectivity index (χ1) is 14.7. The minimum atomic E-state index is 0.282. The third-order valence-corrected chi connectivity index (χ3v) is 6.09. The molecule has 5 rings (SSSR count). The van der Waals surface area contributed by atoms with E-state index in [1.807, 2.05) is 36.4 Å². The van der Waals surface area contributed by atoms with Gasteiger partial charge in [0.25, 0.3) is 0 Å². The van der Waals surface area contributed by atoms with Gasteiger partial charge in [0.15, 0.2) is 0 Å². The third-order valence-electron chi connectivity index (χ3n) is 5.59. The van der Waals surface area contributed by atoms with E-state index in [0.717, 1.165) is 51.9 Å². The molecule has 2 aromatic heterocycles. The van der Waals surface area contributed by atoms with Crippen molar-refractivity contribution >= 4 is 26.8 Å². The number of likely N-dealkylation sites (tertiary alicyclic amines) is 1. The standard InChI is InChI=1S/C23H22BrN5O/c24-19-6-3-5-16(12-19)21-13-26-29(27-21)15-17-11-18(14-28-9-1-2-10-28)23(30)22-20(17)7-4-8-25-22/h3-8,11-13,30H,1-2,9-10,14-15H2. The van der Waals surface area contributed by atoms with Gasteiger partial charge >= 0.3 is 0 Å². The number of hydrogen-bond acceptors (Lipinski definition) is 5. The Bertz CT molecular complexity index is 1200. The van der Waals surface area contributed by atoms with Crippen LogP contribution in [0.5, 0.6) is 5.75 Å². The normalized spacial score (nSPS) is 14.6. The number of halogens is 1. The summed E-state index contributed by atoms with van der Waals surface area (Å²) in [5.41, 5.74) is 4.46. The van der Waals surface area contributed by atoms with Crippen LogP contribution in [0, 0.1) is 0 Å². The van der Waals surface area contributed by atoms with Crippen LogP contribution in [0.4, 0.5) is 0 Å². The first-order valence-corrected chi connectivity index (χ1v) is 10.9. The lowest BCUT2D eigenvalue weighted by molar-refractivity contribution is 0.324. The van der Waals surface area contributed by atoms with Crippen LogP contribution in [0.2, 0.25) is 0 Å². The zero-order valence-corrected chi connectivity index (χ0v) is 18.1. The minimum Gasteiger partial charge on any atom is -0.505 e. The van der Waals surface area contributed by atoms with Gasteiger partial charge in [0.2, 0.25) is 0 Å². The van der Waals surface area contributed by atoms with Crippen LogP contribution in [0.15, 0.2) is 59.3 Å². The van der Waals surface area contributed by atoms with Crippen LogP contribution in [0.3, 0.4) is 0 Å². The highest BCUT2D eigenvalue weighted by Gasteiger charge is 2.18. The molecule has 0 amide bonds. The largest absolute Gasteiger partial charge is 0.505 e. The van der Waals surface area contributed by atoms with Crippen LogP contribution in [-0.2, 0) is 13.1 Å². The predicted molar refractivity (Wildman–Crippen MR) is 120 cm³/mol. The fraction of sp³-hybridized carbons (Fsp3) is 0.261. The van der Waals surface area contributed by atoms with E-state index in [1.165, 1.54) is 12.8 Å². The van der Waals surface area contributed by atoms with Crippen molar-refractivity contribution in [2.75, 3.05) is 13.1 Å². The molecule has 1 saturated heterocycles. The van der Waals surface area contributed by atoms with E-state index in [-0.39, 0.29) is 5.75 Å². The zero-order valence-electron chi connectivity index (χ0n) is 16.5. The maximum Gasteiger partial charge on any atom is 0.146 e. The maximum atomic E-state index is 10.8. The number of hydrogen-bond donors (Lipinski definition) is 1. The minimum absolute atomic E-state index is 0.282. The fourth-order valence-corrected chi connectivity index (χ4v) is 4.50. The Morgan fingerprint density at radius 3 is 2.70 bits per heavy atom. The van der Waals surface area contributed by atoms with Crippen LogP contribution >= 0.6 is 15.9 Å². The van der Waals surface area contributed by atoms with E-state index in [1.54, 1.807) is 17.2 Å². The number of fused-ring (bicyclic) bond motifs is 1. The highest BCUT2D eigenvalue weighted by Crippen LogP contribution is 2.32. The van der Waals surface area contributed by atoms with Crippen molar-refractivity contribution in [3.63, 3.8) is 0 Å². The molecule has 1 aliphatic rings. The summed E-state index contributed by atoms with van der Waals surface area (Å²) in [5.74, 6) is 0.282. The van der Waals surface area contributed by atoms with E-state index < -0.39 is 0 Å². The molecule has 1 aliphatic heterocycles. The molecule has 0 atom stereocenters. The van der Waals surface area contributed by atoms with E-state index in [9.17, 15) is 5.11 Å². The number of aromatic nitrogens is 4. The number of pyridine rings is 1. The van der Waals surface area contributed by atoms with Crippen molar-refractivity contribution in [3.05, 3.63) is 70.5 Å². The number of phenolic OH excluding ortho intramolecular Hbond substituents is 1. The lowest BCUT2D eigenvalue weighted by atomic mass is 10.0. The Labute approximate surface area is 183 Å². The summed E-state index contributed by atoms with van der Waals surface area (Å²) in [6, 6.07) is 14.0. The molecule has 0 aliphatic carbocycles. The molecule has 3 heterocycles. The van der Waals surface area contributed by atoms with E-state index in [2.05, 4.69) is 42.1 Å². The molecule has 2 aromatic carbocycles. The Hall–Kier alpha value is -2.77. The number of aromatic hydroxyl groups is 1. The molecule has 0 bridgehead atoms. The van der Waals surface area contributed by atoms with Crippen molar-refractivity contribution in [2.45, 2.75) is 25.9 Å². The molecule has 30 heavy (non-hydrogen) atoms. The van der Waals surface area contributed by atoms with E-state index in [4.69, 9.17) is 0 Å². The first-order valence-electron chi connectivity index (χ1n) is 10.1. The second-order valence-corrected chi connectivity index (χ2v) is 8.61. The molecule has 0 unspecified atom stereocenters. The highest BCUT2D eigenvalue weighted by molar-refractivity contribution is 9.10. The fourth-order valence-electron chi connectivity index (χ4n) is 4.10. The second-order valence-electron chi connectivity index (χ2n) is 7.70. The van der Waals surface area contributed by atoms with Crippen molar-refractivity contribution < 1.29 is 5.11 Å². The molecule has 1 N–H and O–H groups in total. The Kier molecular flexibility index (Phi) is 5.23. The first kappa shape index (κ1) is 19.2. The van der Waals surface area contributed by atoms with Crippen LogP contribution in [0.25, 0.3) is 22.2 Å². The molecule has 4 aromatic rings. The Morgan fingerprint density at radius 1 is 1.00 bits per heavy atom. The van der Waals surface area contributed by atoms with Crippen molar-refractivity contribution in [2.24, 2.45) is 0 Å². The van der Waals surface area contributed by atoms with Gasteiger partial charge < -0.3 is 5.11 Å². The lowest BCUT2D eigenvalue weighted by Gasteiger charge is -2.18. The highest BCUT2D eigenvalue weighted by atomic mass is 79.9. The molecular formula is C23H22BrN5O. The SMILES string of the molecule is Oc1c(CN2CCCC2)cc(Cn2ncc(-c3cccc(Br)c3)n2)c2cccnc12. The average molecular weight is 464 g/mol. The van der Waals surface area contributed by atoms with Gasteiger partial charge in [-0.3, -0.25) is 9.88 Å². The van der Waals surface area contributed by atoms with Crippen LogP contribution in [0.1, 0.15) is 24.0 Å². The maximum absolute atomic E-state index is 10.8. The number of rotatable bonds is 5. The summed E-state index contributed by atoms with van der Waals surface area (Å²) in [6.07, 6.45) is 5.95. The van der Waals surface area contributed by atoms with Gasteiger partial charge in [0.05, 0.1) is 12.7 Å². The second kappa shape index (κ2) is 8.16. The van der Waals surface area contributed by atoms with Gasteiger partial charge in [0.1, 0.15) is 17.0 Å². The zero-order chi connectivity index (χ0) is 20.5. The summed E-state index contributed by atoms with van der Waals surface area (Å²) < 4.78 is 1.01. The molecule has 7 heteroatoms.